The molecule has 0 saturated heterocycles. The topological polar surface area (TPSA) is 104 Å². The molecule has 0 bridgehead atoms. The number of sulfonamides is 1. The van der Waals surface area contributed by atoms with Gasteiger partial charge in [-0.15, -0.1) is 0 Å². The van der Waals surface area contributed by atoms with Crippen molar-refractivity contribution in [3.63, 3.8) is 0 Å². The molecule has 0 aliphatic rings. The molecule has 8 heteroatoms. The Morgan fingerprint density at radius 2 is 1.94 bits per heavy atom. The van der Waals surface area contributed by atoms with E-state index < -0.39 is 27.1 Å². The molecule has 0 saturated carbocycles. The molecule has 2 N–H and O–H groups in total. The molecule has 1 amide bonds. The Hall–Kier alpha value is -1.15. The van der Waals surface area contributed by atoms with Crippen LogP contribution >= 0.6 is 0 Å². The summed E-state index contributed by atoms with van der Waals surface area (Å²) in [4.78, 5) is 21.7. The van der Waals surface area contributed by atoms with E-state index in [1.807, 2.05) is 0 Å². The molecule has 94 valence electrons. The van der Waals surface area contributed by atoms with Gasteiger partial charge in [0.2, 0.25) is 15.9 Å². The highest BCUT2D eigenvalue weighted by Gasteiger charge is 2.32. The van der Waals surface area contributed by atoms with Crippen LogP contribution in [0.25, 0.3) is 0 Å². The maximum Gasteiger partial charge on any atom is 0.323 e. The van der Waals surface area contributed by atoms with Crippen molar-refractivity contribution >= 4 is 21.9 Å². The van der Waals surface area contributed by atoms with E-state index in [9.17, 15) is 18.0 Å². The summed E-state index contributed by atoms with van der Waals surface area (Å²) in [5, 5.41) is 9.46. The van der Waals surface area contributed by atoms with Crippen LogP contribution in [0.1, 0.15) is 13.8 Å². The van der Waals surface area contributed by atoms with Gasteiger partial charge in [0.1, 0.15) is 0 Å². The van der Waals surface area contributed by atoms with Crippen LogP contribution in [-0.2, 0) is 19.6 Å². The highest BCUT2D eigenvalue weighted by atomic mass is 32.2. The second-order valence-corrected chi connectivity index (χ2v) is 5.60. The molecular formula is C8H16N2O5S. The number of carbonyl (C=O) groups excluding carboxylic acids is 1. The van der Waals surface area contributed by atoms with E-state index in [0.29, 0.717) is 6.54 Å². The lowest BCUT2D eigenvalue weighted by Gasteiger charge is -2.18. The summed E-state index contributed by atoms with van der Waals surface area (Å²) < 4.78 is 23.9. The monoisotopic (exact) mass is 252 g/mol. The molecule has 0 aliphatic heterocycles. The van der Waals surface area contributed by atoms with E-state index in [-0.39, 0.29) is 6.54 Å². The third-order valence-electron chi connectivity index (χ3n) is 1.97. The van der Waals surface area contributed by atoms with Gasteiger partial charge in [0.15, 0.2) is 5.25 Å². The Kier molecular flexibility index (Phi) is 5.39. The van der Waals surface area contributed by atoms with Gasteiger partial charge < -0.3 is 10.4 Å². The van der Waals surface area contributed by atoms with Crippen molar-refractivity contribution in [3.8, 4) is 0 Å². The van der Waals surface area contributed by atoms with Gasteiger partial charge in [-0.25, -0.2) is 8.42 Å². The first kappa shape index (κ1) is 14.8. The Labute approximate surface area is 94.5 Å². The fraction of sp³-hybridized carbons (Fsp3) is 0.750. The minimum atomic E-state index is -3.98. The van der Waals surface area contributed by atoms with Crippen LogP contribution in [0.15, 0.2) is 0 Å². The van der Waals surface area contributed by atoms with Gasteiger partial charge in [0, 0.05) is 13.6 Å². The Morgan fingerprint density at radius 1 is 1.44 bits per heavy atom. The molecule has 1 unspecified atom stereocenters. The van der Waals surface area contributed by atoms with E-state index in [2.05, 4.69) is 5.32 Å². The van der Waals surface area contributed by atoms with Gasteiger partial charge in [-0.3, -0.25) is 9.59 Å². The van der Waals surface area contributed by atoms with Crippen LogP contribution < -0.4 is 5.32 Å². The summed E-state index contributed by atoms with van der Waals surface area (Å²) in [5.41, 5.74) is 0. The van der Waals surface area contributed by atoms with E-state index in [1.54, 1.807) is 6.92 Å². The van der Waals surface area contributed by atoms with Crippen LogP contribution in [0.2, 0.25) is 0 Å². The van der Waals surface area contributed by atoms with E-state index in [4.69, 9.17) is 5.11 Å². The van der Waals surface area contributed by atoms with Crippen molar-refractivity contribution < 1.29 is 23.1 Å². The fourth-order valence-corrected chi connectivity index (χ4v) is 2.03. The Balaban J connectivity index is 4.65. The summed E-state index contributed by atoms with van der Waals surface area (Å²) in [5.74, 6) is -1.91. The zero-order valence-electron chi connectivity index (χ0n) is 9.43. The minimum absolute atomic E-state index is 0.381. The van der Waals surface area contributed by atoms with Crippen LogP contribution in [0.4, 0.5) is 0 Å². The number of hydrogen-bond acceptors (Lipinski definition) is 4. The molecule has 0 radical (unpaired) electrons. The van der Waals surface area contributed by atoms with Crippen molar-refractivity contribution in [1.29, 1.82) is 0 Å². The Morgan fingerprint density at radius 3 is 2.31 bits per heavy atom. The highest BCUT2D eigenvalue weighted by molar-refractivity contribution is 7.90. The third kappa shape index (κ3) is 3.78. The number of carbonyl (C=O) groups is 2. The molecule has 0 heterocycles. The second-order valence-electron chi connectivity index (χ2n) is 3.23. The molecular weight excluding hydrogens is 236 g/mol. The first-order chi connectivity index (χ1) is 7.23. The number of likely N-dealkylation sites (N-methyl/N-ethyl adjacent to an activating group) is 2. The lowest BCUT2D eigenvalue weighted by Crippen LogP contribution is -2.43. The number of hydrogen-bond donors (Lipinski definition) is 2. The highest BCUT2D eigenvalue weighted by Crippen LogP contribution is 2.06. The summed E-state index contributed by atoms with van der Waals surface area (Å²) in [6, 6.07) is 0. The maximum atomic E-state index is 11.6. The second kappa shape index (κ2) is 5.80. The average molecular weight is 252 g/mol. The minimum Gasteiger partial charge on any atom is -0.480 e. The van der Waals surface area contributed by atoms with Crippen LogP contribution in [-0.4, -0.2) is 55.1 Å². The fourth-order valence-electron chi connectivity index (χ4n) is 0.943. The molecule has 0 spiro atoms. The number of nitrogens with zero attached hydrogens (tertiary/aromatic N) is 1. The number of carboxylic acids is 1. The van der Waals surface area contributed by atoms with E-state index in [0.717, 1.165) is 11.2 Å². The zero-order valence-corrected chi connectivity index (χ0v) is 10.2. The van der Waals surface area contributed by atoms with Crippen molar-refractivity contribution in [3.05, 3.63) is 0 Å². The number of rotatable bonds is 6. The number of nitrogens with one attached hydrogen (secondary N) is 1. The summed E-state index contributed by atoms with van der Waals surface area (Å²) in [6.45, 7) is 2.77. The molecule has 7 nitrogen and oxygen atoms in total. The lowest BCUT2D eigenvalue weighted by molar-refractivity contribution is -0.136. The van der Waals surface area contributed by atoms with Gasteiger partial charge >= 0.3 is 5.97 Å². The van der Waals surface area contributed by atoms with Gasteiger partial charge in [0.05, 0.1) is 6.54 Å². The molecule has 0 aromatic heterocycles. The zero-order chi connectivity index (χ0) is 12.9. The normalized spacial score (nSPS) is 13.5. The average Bonchev–Trinajstić information content (AvgIpc) is 2.16. The SMILES string of the molecule is CCNC(=O)CN(C)S(=O)(=O)C(C)C(=O)O. The van der Waals surface area contributed by atoms with Crippen molar-refractivity contribution in [2.24, 2.45) is 0 Å². The van der Waals surface area contributed by atoms with E-state index in [1.165, 1.54) is 7.05 Å². The number of aliphatic carboxylic acids is 1. The third-order valence-corrected chi connectivity index (χ3v) is 4.06. The maximum absolute atomic E-state index is 11.6. The van der Waals surface area contributed by atoms with Gasteiger partial charge in [-0.05, 0) is 13.8 Å². The molecule has 1 atom stereocenters. The quantitative estimate of drug-likeness (QED) is 0.621. The van der Waals surface area contributed by atoms with Crippen LogP contribution in [0.3, 0.4) is 0 Å². The first-order valence-electron chi connectivity index (χ1n) is 4.68. The van der Waals surface area contributed by atoms with Crippen molar-refractivity contribution in [2.75, 3.05) is 20.1 Å². The van der Waals surface area contributed by atoms with Crippen molar-refractivity contribution in [1.82, 2.24) is 9.62 Å². The molecule has 0 aromatic rings. The standard InChI is InChI=1S/C8H16N2O5S/c1-4-9-7(11)5-10(3)16(14,15)6(2)8(12)13/h6H,4-5H2,1-3H3,(H,9,11)(H,12,13). The predicted molar refractivity (Wildman–Crippen MR) is 57.3 cm³/mol. The van der Waals surface area contributed by atoms with Crippen LogP contribution in [0, 0.1) is 0 Å². The molecule has 0 rings (SSSR count). The molecule has 16 heavy (non-hydrogen) atoms. The van der Waals surface area contributed by atoms with Gasteiger partial charge in [-0.2, -0.15) is 4.31 Å². The molecule has 0 aliphatic carbocycles. The molecule has 0 fully saturated rings. The summed E-state index contributed by atoms with van der Waals surface area (Å²) in [7, 11) is -2.81. The number of carboxylic acid groups (broad SMARTS) is 1. The number of amides is 1. The Bertz CT molecular complexity index is 365. The van der Waals surface area contributed by atoms with Gasteiger partial charge in [-0.1, -0.05) is 0 Å². The summed E-state index contributed by atoms with van der Waals surface area (Å²) in [6.07, 6.45) is 0. The summed E-state index contributed by atoms with van der Waals surface area (Å²) >= 11 is 0. The predicted octanol–water partition coefficient (Wildman–Crippen LogP) is -1.14. The lowest BCUT2D eigenvalue weighted by atomic mass is 10.5. The van der Waals surface area contributed by atoms with E-state index >= 15 is 0 Å². The van der Waals surface area contributed by atoms with Crippen molar-refractivity contribution in [2.45, 2.75) is 19.1 Å². The molecule has 0 aromatic carbocycles. The van der Waals surface area contributed by atoms with Crippen LogP contribution in [0.5, 0.6) is 0 Å². The smallest absolute Gasteiger partial charge is 0.323 e. The van der Waals surface area contributed by atoms with Gasteiger partial charge in [0.25, 0.3) is 0 Å². The largest absolute Gasteiger partial charge is 0.480 e. The first-order valence-corrected chi connectivity index (χ1v) is 6.18.